The first-order chi connectivity index (χ1) is 13.5. The van der Waals surface area contributed by atoms with Crippen LogP contribution in [-0.2, 0) is 20.5 Å². The third kappa shape index (κ3) is 6.02. The van der Waals surface area contributed by atoms with Gasteiger partial charge in [-0.15, -0.1) is 0 Å². The molecule has 29 heavy (non-hydrogen) atoms. The van der Waals surface area contributed by atoms with Crippen LogP contribution in [0.1, 0.15) is 46.1 Å². The fourth-order valence-corrected chi connectivity index (χ4v) is 5.27. The van der Waals surface area contributed by atoms with Gasteiger partial charge in [0.05, 0.1) is 25.9 Å². The van der Waals surface area contributed by atoms with Gasteiger partial charge in [0.25, 0.3) is 0 Å². The standard InChI is InChI=1S/C24H40O4Si/c1-19-13-14-22(28-29(6,7)23(2,3)4)24(5,21(19)15-25)17-27-18-26-16-20-11-9-8-10-12-20/h8-12,21-22,25H,1,13-18H2,2-7H3/t21-,22+,24+/m1/s1. The topological polar surface area (TPSA) is 47.9 Å². The van der Waals surface area contributed by atoms with E-state index in [1.807, 2.05) is 30.3 Å². The molecule has 5 heteroatoms. The van der Waals surface area contributed by atoms with E-state index >= 15 is 0 Å². The van der Waals surface area contributed by atoms with Gasteiger partial charge in [-0.2, -0.15) is 0 Å². The highest BCUT2D eigenvalue weighted by molar-refractivity contribution is 6.74. The maximum absolute atomic E-state index is 10.1. The minimum absolute atomic E-state index is 0.0276. The molecule has 0 heterocycles. The first-order valence-corrected chi connectivity index (χ1v) is 13.6. The second kappa shape index (κ2) is 9.88. The quantitative estimate of drug-likeness (QED) is 0.247. The van der Waals surface area contributed by atoms with Gasteiger partial charge in [0.15, 0.2) is 8.32 Å². The lowest BCUT2D eigenvalue weighted by molar-refractivity contribution is -0.130. The Morgan fingerprint density at radius 2 is 1.83 bits per heavy atom. The van der Waals surface area contributed by atoms with Crippen LogP contribution in [0.4, 0.5) is 0 Å². The molecule has 1 saturated carbocycles. The largest absolute Gasteiger partial charge is 0.413 e. The predicted molar refractivity (Wildman–Crippen MR) is 121 cm³/mol. The normalized spacial score (nSPS) is 26.0. The molecule has 1 aliphatic rings. The van der Waals surface area contributed by atoms with Crippen molar-refractivity contribution < 1.29 is 19.0 Å². The van der Waals surface area contributed by atoms with E-state index in [0.29, 0.717) is 13.2 Å². The molecule has 1 aliphatic carbocycles. The number of hydrogen-bond donors (Lipinski definition) is 1. The lowest BCUT2D eigenvalue weighted by Gasteiger charge is -2.51. The average molecular weight is 421 g/mol. The van der Waals surface area contributed by atoms with Crippen molar-refractivity contribution in [3.05, 3.63) is 48.0 Å². The third-order valence-corrected chi connectivity index (χ3v) is 11.4. The fraction of sp³-hybridized carbons (Fsp3) is 0.667. The zero-order valence-corrected chi connectivity index (χ0v) is 20.2. The summed E-state index contributed by atoms with van der Waals surface area (Å²) in [5.74, 6) is -0.0276. The molecule has 4 nitrogen and oxygen atoms in total. The van der Waals surface area contributed by atoms with E-state index in [-0.39, 0.29) is 35.9 Å². The molecular weight excluding hydrogens is 380 g/mol. The van der Waals surface area contributed by atoms with Gasteiger partial charge < -0.3 is 19.0 Å². The predicted octanol–water partition coefficient (Wildman–Crippen LogP) is 5.53. The summed E-state index contributed by atoms with van der Waals surface area (Å²) in [4.78, 5) is 0. The second-order valence-corrected chi connectivity index (χ2v) is 14.9. The molecule has 0 bridgehead atoms. The summed E-state index contributed by atoms with van der Waals surface area (Å²) in [5.41, 5.74) is 1.90. The summed E-state index contributed by atoms with van der Waals surface area (Å²) in [6.07, 6.45) is 1.86. The third-order valence-electron chi connectivity index (χ3n) is 6.87. The molecule has 0 saturated heterocycles. The molecule has 1 aromatic rings. The Bertz CT molecular complexity index is 653. The molecule has 1 N–H and O–H groups in total. The number of benzene rings is 1. The van der Waals surface area contributed by atoms with Gasteiger partial charge in [-0.3, -0.25) is 0 Å². The van der Waals surface area contributed by atoms with Crippen LogP contribution in [0.2, 0.25) is 18.1 Å². The van der Waals surface area contributed by atoms with E-state index < -0.39 is 8.32 Å². The van der Waals surface area contributed by atoms with Crippen molar-refractivity contribution in [3.63, 3.8) is 0 Å². The average Bonchev–Trinajstić information content (AvgIpc) is 2.64. The van der Waals surface area contributed by atoms with Crippen LogP contribution in [0.3, 0.4) is 0 Å². The number of aliphatic hydroxyl groups excluding tert-OH is 1. The van der Waals surface area contributed by atoms with Crippen molar-refractivity contribution in [2.24, 2.45) is 11.3 Å². The summed E-state index contributed by atoms with van der Waals surface area (Å²) >= 11 is 0. The monoisotopic (exact) mass is 420 g/mol. The van der Waals surface area contributed by atoms with Crippen molar-refractivity contribution in [2.75, 3.05) is 20.0 Å². The highest BCUT2D eigenvalue weighted by Gasteiger charge is 2.50. The minimum atomic E-state index is -1.94. The van der Waals surface area contributed by atoms with Crippen LogP contribution >= 0.6 is 0 Å². The van der Waals surface area contributed by atoms with Crippen molar-refractivity contribution in [2.45, 2.75) is 71.4 Å². The molecule has 0 radical (unpaired) electrons. The Balaban J connectivity index is 2.03. The number of ether oxygens (including phenoxy) is 2. The highest BCUT2D eigenvalue weighted by Crippen LogP contribution is 2.48. The zero-order chi connectivity index (χ0) is 21.7. The Labute approximate surface area is 178 Å². The number of hydrogen-bond acceptors (Lipinski definition) is 4. The van der Waals surface area contributed by atoms with E-state index in [1.54, 1.807) is 0 Å². The van der Waals surface area contributed by atoms with Gasteiger partial charge in [0.2, 0.25) is 0 Å². The molecule has 0 aliphatic heterocycles. The molecule has 0 unspecified atom stereocenters. The molecule has 164 valence electrons. The molecule has 2 rings (SSSR count). The van der Waals surface area contributed by atoms with Gasteiger partial charge in [0.1, 0.15) is 6.79 Å². The van der Waals surface area contributed by atoms with Gasteiger partial charge in [0, 0.05) is 11.3 Å². The lowest BCUT2D eigenvalue weighted by atomic mass is 9.64. The van der Waals surface area contributed by atoms with E-state index in [1.165, 1.54) is 0 Å². The van der Waals surface area contributed by atoms with E-state index in [2.05, 4.69) is 47.4 Å². The molecule has 0 amide bonds. The van der Waals surface area contributed by atoms with Crippen molar-refractivity contribution >= 4 is 8.32 Å². The summed E-state index contributed by atoms with van der Waals surface area (Å²) in [6.45, 7) is 19.1. The van der Waals surface area contributed by atoms with E-state index in [9.17, 15) is 5.11 Å². The molecule has 1 aromatic carbocycles. The van der Waals surface area contributed by atoms with Gasteiger partial charge in [-0.1, -0.05) is 70.2 Å². The highest BCUT2D eigenvalue weighted by atomic mass is 28.4. The van der Waals surface area contributed by atoms with Gasteiger partial charge in [-0.05, 0) is 36.5 Å². The van der Waals surface area contributed by atoms with Crippen molar-refractivity contribution in [1.82, 2.24) is 0 Å². The Morgan fingerprint density at radius 1 is 1.17 bits per heavy atom. The van der Waals surface area contributed by atoms with Crippen LogP contribution in [0, 0.1) is 11.3 Å². The van der Waals surface area contributed by atoms with Gasteiger partial charge >= 0.3 is 0 Å². The summed E-state index contributed by atoms with van der Waals surface area (Å²) in [5, 5.41) is 10.3. The molecular formula is C24H40O4Si. The van der Waals surface area contributed by atoms with E-state index in [4.69, 9.17) is 13.9 Å². The minimum Gasteiger partial charge on any atom is -0.413 e. The van der Waals surface area contributed by atoms with Crippen LogP contribution in [0.15, 0.2) is 42.5 Å². The molecule has 0 aromatic heterocycles. The SMILES string of the molecule is C=C1CC[C@H](O[Si](C)(C)C(C)(C)C)[C@@](C)(COCOCc2ccccc2)[C@@H]1CO. The van der Waals surface area contributed by atoms with Gasteiger partial charge in [-0.25, -0.2) is 0 Å². The summed E-state index contributed by atoms with van der Waals surface area (Å²) in [6, 6.07) is 10.1. The molecule has 3 atom stereocenters. The van der Waals surface area contributed by atoms with Crippen LogP contribution in [-0.4, -0.2) is 39.5 Å². The van der Waals surface area contributed by atoms with Crippen molar-refractivity contribution in [3.8, 4) is 0 Å². The molecule has 0 spiro atoms. The maximum atomic E-state index is 10.1. The zero-order valence-electron chi connectivity index (χ0n) is 19.2. The van der Waals surface area contributed by atoms with Crippen LogP contribution in [0.5, 0.6) is 0 Å². The fourth-order valence-electron chi connectivity index (χ4n) is 3.82. The lowest BCUT2D eigenvalue weighted by Crippen LogP contribution is -2.55. The van der Waals surface area contributed by atoms with E-state index in [0.717, 1.165) is 24.0 Å². The summed E-state index contributed by atoms with van der Waals surface area (Å²) < 4.78 is 18.5. The number of aliphatic hydroxyl groups is 1. The Kier molecular flexibility index (Phi) is 8.28. The second-order valence-electron chi connectivity index (χ2n) is 10.1. The van der Waals surface area contributed by atoms with Crippen molar-refractivity contribution in [1.29, 1.82) is 0 Å². The first kappa shape index (κ1) is 24.3. The van der Waals surface area contributed by atoms with Crippen LogP contribution in [0.25, 0.3) is 0 Å². The Morgan fingerprint density at radius 3 is 2.41 bits per heavy atom. The Hall–Kier alpha value is -0.983. The maximum Gasteiger partial charge on any atom is 0.192 e. The molecule has 1 fully saturated rings. The number of rotatable bonds is 9. The first-order valence-electron chi connectivity index (χ1n) is 10.7. The smallest absolute Gasteiger partial charge is 0.192 e. The summed E-state index contributed by atoms with van der Waals surface area (Å²) in [7, 11) is -1.94. The van der Waals surface area contributed by atoms with Crippen LogP contribution < -0.4 is 0 Å².